The van der Waals surface area contributed by atoms with E-state index in [0.717, 1.165) is 60.0 Å². The maximum absolute atomic E-state index is 12.9. The standard InChI is InChI=1S/C47H74O3/c1-7-8-13-35-15-17-36(18-16-35)37-19-22-39(23-20-37)49-31-10-14-45(48)50-40-27-29-46(5)38(32-40)21-24-41-43-26-25-42(34(4)12-9-11-33(2)3)47(43,6)30-28-44(41)46/h19-23,33-36,40-44H,7-18,24-32H2,1-6H3/t34-,35?,36?,40?,41+,42-,43+,44+,46+,47-/m1/s1. The summed E-state index contributed by atoms with van der Waals surface area (Å²) in [7, 11) is 0. The molecule has 4 saturated carbocycles. The number of rotatable bonds is 15. The highest BCUT2D eigenvalue weighted by Gasteiger charge is 2.59. The average Bonchev–Trinajstić information content (AvgIpc) is 3.47. The third-order valence-electron chi connectivity index (χ3n) is 15.5. The molecular formula is C47H74O3. The molecule has 50 heavy (non-hydrogen) atoms. The highest BCUT2D eigenvalue weighted by Crippen LogP contribution is 2.67. The summed E-state index contributed by atoms with van der Waals surface area (Å²) in [5, 5.41) is 0. The van der Waals surface area contributed by atoms with Gasteiger partial charge in [0.25, 0.3) is 0 Å². The Hall–Kier alpha value is -1.77. The lowest BCUT2D eigenvalue weighted by atomic mass is 9.47. The number of ether oxygens (including phenoxy) is 2. The molecule has 1 unspecified atom stereocenters. The van der Waals surface area contributed by atoms with Crippen molar-refractivity contribution in [1.82, 2.24) is 0 Å². The largest absolute Gasteiger partial charge is 0.494 e. The Morgan fingerprint density at radius 3 is 2.38 bits per heavy atom. The van der Waals surface area contributed by atoms with Gasteiger partial charge in [-0.3, -0.25) is 4.79 Å². The van der Waals surface area contributed by atoms with Crippen LogP contribution in [0.5, 0.6) is 5.75 Å². The van der Waals surface area contributed by atoms with Crippen LogP contribution in [0.4, 0.5) is 0 Å². The van der Waals surface area contributed by atoms with E-state index in [1.807, 2.05) is 0 Å². The van der Waals surface area contributed by atoms with Crippen LogP contribution < -0.4 is 4.74 Å². The van der Waals surface area contributed by atoms with Crippen molar-refractivity contribution in [2.45, 2.75) is 182 Å². The van der Waals surface area contributed by atoms with Crippen molar-refractivity contribution >= 4 is 5.97 Å². The monoisotopic (exact) mass is 687 g/mol. The summed E-state index contributed by atoms with van der Waals surface area (Å²) in [6.07, 6.45) is 27.7. The third kappa shape index (κ3) is 8.54. The van der Waals surface area contributed by atoms with Crippen LogP contribution >= 0.6 is 0 Å². The minimum absolute atomic E-state index is 0.0463. The first kappa shape index (κ1) is 38.0. The lowest BCUT2D eigenvalue weighted by Crippen LogP contribution is -2.51. The van der Waals surface area contributed by atoms with E-state index >= 15 is 0 Å². The van der Waals surface area contributed by atoms with Crippen LogP contribution in [-0.2, 0) is 9.53 Å². The van der Waals surface area contributed by atoms with E-state index in [1.54, 1.807) is 5.57 Å². The minimum atomic E-state index is -0.0469. The first-order valence-corrected chi connectivity index (χ1v) is 21.7. The van der Waals surface area contributed by atoms with Gasteiger partial charge in [0, 0.05) is 12.8 Å². The molecule has 0 bridgehead atoms. The average molecular weight is 687 g/mol. The normalized spacial score (nSPS) is 35.8. The summed E-state index contributed by atoms with van der Waals surface area (Å²) >= 11 is 0. The van der Waals surface area contributed by atoms with Gasteiger partial charge in [-0.15, -0.1) is 0 Å². The minimum Gasteiger partial charge on any atom is -0.494 e. The summed E-state index contributed by atoms with van der Waals surface area (Å²) in [6.45, 7) is 15.5. The van der Waals surface area contributed by atoms with Crippen LogP contribution in [-0.4, -0.2) is 18.7 Å². The summed E-state index contributed by atoms with van der Waals surface area (Å²) in [6, 6.07) is 8.80. The number of esters is 1. The summed E-state index contributed by atoms with van der Waals surface area (Å²) in [5.41, 5.74) is 3.91. The third-order valence-corrected chi connectivity index (χ3v) is 15.5. The molecule has 0 spiro atoms. The molecule has 0 N–H and O–H groups in total. The van der Waals surface area contributed by atoms with Gasteiger partial charge in [0.2, 0.25) is 0 Å². The highest BCUT2D eigenvalue weighted by molar-refractivity contribution is 5.69. The predicted molar refractivity (Wildman–Crippen MR) is 208 cm³/mol. The Balaban J connectivity index is 0.923. The topological polar surface area (TPSA) is 35.5 Å². The first-order valence-electron chi connectivity index (χ1n) is 21.7. The Morgan fingerprint density at radius 2 is 1.64 bits per heavy atom. The first-order chi connectivity index (χ1) is 24.1. The van der Waals surface area contributed by atoms with Gasteiger partial charge in [0.1, 0.15) is 11.9 Å². The smallest absolute Gasteiger partial charge is 0.306 e. The van der Waals surface area contributed by atoms with Crippen molar-refractivity contribution in [2.75, 3.05) is 6.61 Å². The van der Waals surface area contributed by atoms with Crippen molar-refractivity contribution in [3.8, 4) is 5.75 Å². The van der Waals surface area contributed by atoms with Crippen LogP contribution in [0.1, 0.15) is 181 Å². The second kappa shape index (κ2) is 16.9. The molecule has 5 aliphatic carbocycles. The molecule has 6 rings (SSSR count). The lowest BCUT2D eigenvalue weighted by Gasteiger charge is -2.58. The van der Waals surface area contributed by atoms with Crippen LogP contribution in [0.15, 0.2) is 35.9 Å². The second-order valence-corrected chi connectivity index (χ2v) is 19.0. The second-order valence-electron chi connectivity index (χ2n) is 19.0. The van der Waals surface area contributed by atoms with Crippen LogP contribution in [0.25, 0.3) is 0 Å². The van der Waals surface area contributed by atoms with Gasteiger partial charge in [-0.2, -0.15) is 0 Å². The van der Waals surface area contributed by atoms with Gasteiger partial charge in [-0.1, -0.05) is 104 Å². The molecule has 0 radical (unpaired) electrons. The van der Waals surface area contributed by atoms with Crippen molar-refractivity contribution in [2.24, 2.45) is 52.3 Å². The van der Waals surface area contributed by atoms with E-state index in [-0.39, 0.29) is 12.1 Å². The molecule has 4 fully saturated rings. The Kier molecular flexibility index (Phi) is 12.9. The number of carbonyl (C=O) groups excluding carboxylic acids is 1. The molecular weight excluding hydrogens is 613 g/mol. The molecule has 0 aromatic heterocycles. The molecule has 3 nitrogen and oxygen atoms in total. The van der Waals surface area contributed by atoms with Crippen molar-refractivity contribution in [3.63, 3.8) is 0 Å². The zero-order valence-corrected chi connectivity index (χ0v) is 33.2. The molecule has 3 heteroatoms. The summed E-state index contributed by atoms with van der Waals surface area (Å²) < 4.78 is 12.2. The number of allylic oxidation sites excluding steroid dienone is 1. The molecule has 1 aromatic carbocycles. The number of benzene rings is 1. The summed E-state index contributed by atoms with van der Waals surface area (Å²) in [4.78, 5) is 12.9. The van der Waals surface area contributed by atoms with Gasteiger partial charge in [-0.25, -0.2) is 0 Å². The van der Waals surface area contributed by atoms with Crippen molar-refractivity contribution in [3.05, 3.63) is 41.5 Å². The lowest BCUT2D eigenvalue weighted by molar-refractivity contribution is -0.151. The number of carbonyl (C=O) groups is 1. The molecule has 5 aliphatic rings. The van der Waals surface area contributed by atoms with Gasteiger partial charge >= 0.3 is 5.97 Å². The quantitative estimate of drug-likeness (QED) is 0.105. The van der Waals surface area contributed by atoms with Gasteiger partial charge < -0.3 is 9.47 Å². The maximum Gasteiger partial charge on any atom is 0.306 e. The van der Waals surface area contributed by atoms with Crippen LogP contribution in [0, 0.1) is 52.3 Å². The van der Waals surface area contributed by atoms with E-state index in [9.17, 15) is 4.79 Å². The zero-order valence-electron chi connectivity index (χ0n) is 33.2. The number of hydrogen-bond acceptors (Lipinski definition) is 3. The van der Waals surface area contributed by atoms with E-state index < -0.39 is 0 Å². The fourth-order valence-electron chi connectivity index (χ4n) is 12.5. The van der Waals surface area contributed by atoms with E-state index in [0.29, 0.717) is 36.2 Å². The Labute approximate surface area is 307 Å². The zero-order chi connectivity index (χ0) is 35.3. The van der Waals surface area contributed by atoms with Gasteiger partial charge in [-0.05, 0) is 153 Å². The number of unbranched alkanes of at least 4 members (excludes halogenated alkanes) is 1. The Morgan fingerprint density at radius 1 is 0.860 bits per heavy atom. The molecule has 0 amide bonds. The van der Waals surface area contributed by atoms with Gasteiger partial charge in [0.05, 0.1) is 6.61 Å². The fourth-order valence-corrected chi connectivity index (χ4v) is 12.5. The van der Waals surface area contributed by atoms with E-state index in [2.05, 4.69) is 71.9 Å². The SMILES string of the molecule is CCCCC1CCC(c2ccc(OCCCC(=O)OC3CC[C@@]4(C)C(=CC[C@H]5[C@@H]6CC[C@H]([C@H](C)CCCC(C)C)[C@@]6(C)CC[C@@H]54)C3)cc2)CC1. The molecule has 8 atom stereocenters. The van der Waals surface area contributed by atoms with E-state index in [1.165, 1.54) is 108 Å². The summed E-state index contributed by atoms with van der Waals surface area (Å²) in [5.74, 6) is 7.68. The Bertz CT molecular complexity index is 1260. The molecule has 280 valence electrons. The number of hydrogen-bond donors (Lipinski definition) is 0. The molecule has 0 aliphatic heterocycles. The molecule has 0 saturated heterocycles. The van der Waals surface area contributed by atoms with Crippen LogP contribution in [0.2, 0.25) is 0 Å². The van der Waals surface area contributed by atoms with E-state index in [4.69, 9.17) is 9.47 Å². The maximum atomic E-state index is 12.9. The van der Waals surface area contributed by atoms with Crippen molar-refractivity contribution < 1.29 is 14.3 Å². The fraction of sp³-hybridized carbons (Fsp3) is 0.809. The highest BCUT2D eigenvalue weighted by atomic mass is 16.5. The molecule has 1 aromatic rings. The van der Waals surface area contributed by atoms with Crippen molar-refractivity contribution in [1.29, 1.82) is 0 Å². The predicted octanol–water partition coefficient (Wildman–Crippen LogP) is 13.3. The van der Waals surface area contributed by atoms with Gasteiger partial charge in [0.15, 0.2) is 0 Å². The molecule has 0 heterocycles. The number of fused-ring (bicyclic) bond motifs is 5. The van der Waals surface area contributed by atoms with Crippen LogP contribution in [0.3, 0.4) is 0 Å².